The number of alkyl carbamates (subject to hydrolysis) is 1. The molecule has 1 atom stereocenters. The van der Waals surface area contributed by atoms with Gasteiger partial charge in [-0.1, -0.05) is 54.6 Å². The second-order valence-corrected chi connectivity index (χ2v) is 8.58. The summed E-state index contributed by atoms with van der Waals surface area (Å²) in [5.41, 5.74) is 5.79. The third-order valence-electron chi connectivity index (χ3n) is 6.03. The van der Waals surface area contributed by atoms with Crippen LogP contribution in [0.4, 0.5) is 4.79 Å². The number of amides is 2. The fourth-order valence-corrected chi connectivity index (χ4v) is 4.43. The molecule has 2 aromatic carbocycles. The molecule has 0 bridgehead atoms. The molecule has 0 saturated carbocycles. The molecule has 1 aliphatic carbocycles. The number of hydrogen-bond acceptors (Lipinski definition) is 5. The first-order chi connectivity index (χ1) is 16.8. The van der Waals surface area contributed by atoms with Crippen LogP contribution in [0.15, 0.2) is 66.7 Å². The van der Waals surface area contributed by atoms with Crippen LogP contribution in [0.2, 0.25) is 0 Å². The van der Waals surface area contributed by atoms with Crippen LogP contribution in [0.3, 0.4) is 0 Å². The fraction of sp³-hybridized carbons (Fsp3) is 0.259. The summed E-state index contributed by atoms with van der Waals surface area (Å²) in [7, 11) is 1.54. The first-order valence-corrected chi connectivity index (χ1v) is 11.3. The summed E-state index contributed by atoms with van der Waals surface area (Å²) in [6.07, 6.45) is -1.40. The van der Waals surface area contributed by atoms with E-state index in [9.17, 15) is 19.5 Å². The Morgan fingerprint density at radius 1 is 1.00 bits per heavy atom. The van der Waals surface area contributed by atoms with Crippen molar-refractivity contribution < 1.29 is 24.2 Å². The van der Waals surface area contributed by atoms with E-state index in [4.69, 9.17) is 4.74 Å². The minimum Gasteiger partial charge on any atom is -0.481 e. The van der Waals surface area contributed by atoms with Gasteiger partial charge < -0.3 is 20.1 Å². The lowest BCUT2D eigenvalue weighted by Gasteiger charge is -2.24. The van der Waals surface area contributed by atoms with E-state index in [1.807, 2.05) is 67.6 Å². The number of benzene rings is 2. The van der Waals surface area contributed by atoms with Gasteiger partial charge in [-0.3, -0.25) is 14.6 Å². The maximum Gasteiger partial charge on any atom is 0.407 e. The quantitative estimate of drug-likeness (QED) is 0.516. The van der Waals surface area contributed by atoms with Gasteiger partial charge in [0, 0.05) is 18.7 Å². The zero-order chi connectivity index (χ0) is 24.9. The van der Waals surface area contributed by atoms with E-state index in [1.165, 1.54) is 4.90 Å². The third kappa shape index (κ3) is 5.48. The number of fused-ring (bicyclic) bond motifs is 3. The van der Waals surface area contributed by atoms with Crippen molar-refractivity contribution in [3.63, 3.8) is 0 Å². The third-order valence-corrected chi connectivity index (χ3v) is 6.03. The molecule has 0 radical (unpaired) electrons. The van der Waals surface area contributed by atoms with Gasteiger partial charge in [-0.2, -0.15) is 0 Å². The Kier molecular flexibility index (Phi) is 7.10. The van der Waals surface area contributed by atoms with Crippen LogP contribution < -0.4 is 5.32 Å². The summed E-state index contributed by atoms with van der Waals surface area (Å²) in [5.74, 6) is -1.88. The number of pyridine rings is 1. The standard InChI is InChI=1S/C27H27N3O5/c1-17-8-7-9-18(28-17)15-30(2)26(33)24(14-25(31)32)29-27(34)35-16-23-21-12-5-3-10-19(21)20-11-4-6-13-22(20)23/h3-13,23-24H,14-16H2,1-2H3,(H,29,34)(H,31,32). The zero-order valence-corrected chi connectivity index (χ0v) is 19.6. The number of hydrogen-bond donors (Lipinski definition) is 2. The van der Waals surface area contributed by atoms with Crippen LogP contribution in [0.25, 0.3) is 11.1 Å². The highest BCUT2D eigenvalue weighted by Gasteiger charge is 2.31. The number of carbonyl (C=O) groups is 3. The Morgan fingerprint density at radius 2 is 1.63 bits per heavy atom. The molecule has 35 heavy (non-hydrogen) atoms. The number of carbonyl (C=O) groups excluding carboxylic acids is 2. The van der Waals surface area contributed by atoms with Crippen molar-refractivity contribution in [1.29, 1.82) is 0 Å². The number of carboxylic acids is 1. The highest BCUT2D eigenvalue weighted by atomic mass is 16.5. The smallest absolute Gasteiger partial charge is 0.407 e. The van der Waals surface area contributed by atoms with Gasteiger partial charge in [0.2, 0.25) is 5.91 Å². The monoisotopic (exact) mass is 473 g/mol. The van der Waals surface area contributed by atoms with Gasteiger partial charge in [0.05, 0.1) is 18.7 Å². The molecule has 0 fully saturated rings. The largest absolute Gasteiger partial charge is 0.481 e. The molecule has 1 heterocycles. The molecular weight excluding hydrogens is 446 g/mol. The van der Waals surface area contributed by atoms with Crippen LogP contribution in [0, 0.1) is 6.92 Å². The van der Waals surface area contributed by atoms with Crippen molar-refractivity contribution in [3.05, 3.63) is 89.2 Å². The Bertz CT molecular complexity index is 1210. The van der Waals surface area contributed by atoms with Crippen molar-refractivity contribution in [2.24, 2.45) is 0 Å². The molecule has 180 valence electrons. The predicted molar refractivity (Wildman–Crippen MR) is 130 cm³/mol. The Morgan fingerprint density at radius 3 is 2.23 bits per heavy atom. The van der Waals surface area contributed by atoms with Crippen LogP contribution in [-0.2, 0) is 20.9 Å². The second-order valence-electron chi connectivity index (χ2n) is 8.58. The van der Waals surface area contributed by atoms with Crippen molar-refractivity contribution in [3.8, 4) is 11.1 Å². The number of aromatic nitrogens is 1. The van der Waals surface area contributed by atoms with E-state index in [0.717, 1.165) is 27.9 Å². The van der Waals surface area contributed by atoms with Gasteiger partial charge in [0.15, 0.2) is 0 Å². The van der Waals surface area contributed by atoms with Gasteiger partial charge in [0.25, 0.3) is 0 Å². The lowest BCUT2D eigenvalue weighted by Crippen LogP contribution is -2.48. The number of rotatable bonds is 8. The summed E-state index contributed by atoms with van der Waals surface area (Å²) in [6.45, 7) is 2.09. The molecule has 8 nitrogen and oxygen atoms in total. The first-order valence-electron chi connectivity index (χ1n) is 11.3. The van der Waals surface area contributed by atoms with Gasteiger partial charge in [-0.25, -0.2) is 4.79 Å². The summed E-state index contributed by atoms with van der Waals surface area (Å²) in [5, 5.41) is 11.7. The van der Waals surface area contributed by atoms with Gasteiger partial charge in [0.1, 0.15) is 12.6 Å². The maximum absolute atomic E-state index is 13.0. The summed E-state index contributed by atoms with van der Waals surface area (Å²) in [4.78, 5) is 42.7. The van der Waals surface area contributed by atoms with Crippen LogP contribution in [0.1, 0.15) is 34.9 Å². The number of ether oxygens (including phenoxy) is 1. The lowest BCUT2D eigenvalue weighted by molar-refractivity contribution is -0.142. The summed E-state index contributed by atoms with van der Waals surface area (Å²) < 4.78 is 5.49. The van der Waals surface area contributed by atoms with Gasteiger partial charge in [-0.15, -0.1) is 0 Å². The summed E-state index contributed by atoms with van der Waals surface area (Å²) in [6, 6.07) is 20.1. The lowest BCUT2D eigenvalue weighted by atomic mass is 9.98. The van der Waals surface area contributed by atoms with E-state index < -0.39 is 30.4 Å². The van der Waals surface area contributed by atoms with Gasteiger partial charge >= 0.3 is 12.1 Å². The van der Waals surface area contributed by atoms with Crippen LogP contribution in [-0.4, -0.2) is 52.7 Å². The number of aliphatic carboxylic acids is 1. The second kappa shape index (κ2) is 10.4. The number of carboxylic acid groups (broad SMARTS) is 1. The van der Waals surface area contributed by atoms with E-state index in [0.29, 0.717) is 5.69 Å². The SMILES string of the molecule is Cc1cccc(CN(C)C(=O)C(CC(=O)O)NC(=O)OCC2c3ccccc3-c3ccccc32)n1. The molecule has 2 amide bonds. The Labute approximate surface area is 203 Å². The van der Waals surface area contributed by atoms with Gasteiger partial charge in [-0.05, 0) is 41.3 Å². The topological polar surface area (TPSA) is 109 Å². The Hall–Kier alpha value is -4.20. The van der Waals surface area contributed by atoms with Crippen molar-refractivity contribution in [2.75, 3.05) is 13.7 Å². The predicted octanol–water partition coefficient (Wildman–Crippen LogP) is 3.73. The highest BCUT2D eigenvalue weighted by molar-refractivity contribution is 5.89. The molecule has 0 saturated heterocycles. The molecule has 0 aliphatic heterocycles. The van der Waals surface area contributed by atoms with E-state index in [1.54, 1.807) is 13.1 Å². The highest BCUT2D eigenvalue weighted by Crippen LogP contribution is 2.44. The summed E-state index contributed by atoms with van der Waals surface area (Å²) >= 11 is 0. The van der Waals surface area contributed by atoms with E-state index in [-0.39, 0.29) is 19.1 Å². The molecule has 2 N–H and O–H groups in total. The van der Waals surface area contributed by atoms with E-state index >= 15 is 0 Å². The zero-order valence-electron chi connectivity index (χ0n) is 19.6. The number of likely N-dealkylation sites (N-methyl/N-ethyl adjacent to an activating group) is 1. The number of nitrogens with one attached hydrogen (secondary N) is 1. The average Bonchev–Trinajstić information content (AvgIpc) is 3.15. The van der Waals surface area contributed by atoms with Crippen LogP contribution >= 0.6 is 0 Å². The molecule has 0 spiro atoms. The molecule has 1 unspecified atom stereocenters. The average molecular weight is 474 g/mol. The Balaban J connectivity index is 1.42. The molecular formula is C27H27N3O5. The number of nitrogens with zero attached hydrogens (tertiary/aromatic N) is 2. The molecule has 1 aliphatic rings. The number of aryl methyl sites for hydroxylation is 1. The van der Waals surface area contributed by atoms with Crippen molar-refractivity contribution in [1.82, 2.24) is 15.2 Å². The van der Waals surface area contributed by atoms with Crippen molar-refractivity contribution >= 4 is 18.0 Å². The molecule has 3 aromatic rings. The molecule has 4 rings (SSSR count). The van der Waals surface area contributed by atoms with E-state index in [2.05, 4.69) is 10.3 Å². The molecule has 8 heteroatoms. The normalized spacial score (nSPS) is 12.9. The minimum atomic E-state index is -1.27. The minimum absolute atomic E-state index is 0.0664. The fourth-order valence-electron chi connectivity index (χ4n) is 4.43. The van der Waals surface area contributed by atoms with Crippen molar-refractivity contribution in [2.45, 2.75) is 31.8 Å². The maximum atomic E-state index is 13.0. The molecule has 1 aromatic heterocycles. The first kappa shape index (κ1) is 23.9. The van der Waals surface area contributed by atoms with Crippen LogP contribution in [0.5, 0.6) is 0 Å².